The molecular weight excluding hydrogens is 619 g/mol. The van der Waals surface area contributed by atoms with Crippen LogP contribution in [0.4, 0.5) is 10.2 Å². The number of ether oxygens (including phenoxy) is 1. The summed E-state index contributed by atoms with van der Waals surface area (Å²) in [5, 5.41) is 3.87. The lowest BCUT2D eigenvalue weighted by Crippen LogP contribution is -2.40. The number of halogens is 1. The smallest absolute Gasteiger partial charge is 0.263 e. The number of anilines is 1. The van der Waals surface area contributed by atoms with Crippen LogP contribution in [0.5, 0.6) is 0 Å². The Bertz CT molecular complexity index is 1890. The number of nitrogens with one attached hydrogen (secondary N) is 1. The summed E-state index contributed by atoms with van der Waals surface area (Å²) in [7, 11) is -4.04. The Hall–Kier alpha value is -4.35. The molecule has 1 aliphatic heterocycles. The summed E-state index contributed by atoms with van der Waals surface area (Å²) in [4.78, 5) is 21.0. The maximum atomic E-state index is 14.2. The average molecular weight is 661 g/mol. The number of aromatic nitrogens is 1. The van der Waals surface area contributed by atoms with Gasteiger partial charge in [-0.25, -0.2) is 12.8 Å². The molecule has 1 aliphatic rings. The van der Waals surface area contributed by atoms with Crippen LogP contribution in [0.1, 0.15) is 74.5 Å². The van der Waals surface area contributed by atoms with Crippen LogP contribution < -0.4 is 4.72 Å². The Morgan fingerprint density at radius 2 is 1.74 bits per heavy atom. The molecule has 47 heavy (non-hydrogen) atoms. The molecule has 0 aliphatic carbocycles. The van der Waals surface area contributed by atoms with Crippen LogP contribution in [0.2, 0.25) is 0 Å². The second-order valence-corrected chi connectivity index (χ2v) is 13.3. The summed E-state index contributed by atoms with van der Waals surface area (Å²) in [5.41, 5.74) is 2.97. The van der Waals surface area contributed by atoms with Gasteiger partial charge in [-0.1, -0.05) is 74.0 Å². The monoisotopic (exact) mass is 660 g/mol. The number of sulfonamides is 1. The van der Waals surface area contributed by atoms with Gasteiger partial charge in [0.05, 0.1) is 18.0 Å². The first-order chi connectivity index (χ1) is 22.5. The topological polar surface area (TPSA) is 114 Å². The predicted octanol–water partition coefficient (Wildman–Crippen LogP) is 7.67. The highest BCUT2D eigenvalue weighted by atomic mass is 32.2. The quantitative estimate of drug-likeness (QED) is 0.149. The number of amides is 1. The number of aliphatic imine (C=N–C) groups is 1. The second-order valence-electron chi connectivity index (χ2n) is 11.7. The number of unbranched alkanes of at least 4 members (excludes halogenated alkanes) is 1. The zero-order valence-corrected chi connectivity index (χ0v) is 28.3. The lowest BCUT2D eigenvalue weighted by molar-refractivity contribution is -0.132. The third-order valence-electron chi connectivity index (χ3n) is 8.64. The molecule has 0 bridgehead atoms. The van der Waals surface area contributed by atoms with E-state index in [9.17, 15) is 17.6 Å². The van der Waals surface area contributed by atoms with Crippen LogP contribution >= 0.6 is 0 Å². The molecule has 1 atom stereocenters. The summed E-state index contributed by atoms with van der Waals surface area (Å²) < 4.78 is 54.7. The van der Waals surface area contributed by atoms with Gasteiger partial charge in [-0.3, -0.25) is 19.4 Å². The SMILES string of the molecule is CCCCC1=N[C@](CC)(c2ccc(F)cc2)C(=O)N1Cc1ccc(-c2ccccc2S(=O)(=O)Nc2noc(C)c2C)c(COCC)c1. The van der Waals surface area contributed by atoms with Gasteiger partial charge in [0.1, 0.15) is 17.4 Å². The third-order valence-corrected chi connectivity index (χ3v) is 10.0. The third kappa shape index (κ3) is 6.87. The van der Waals surface area contributed by atoms with Crippen molar-refractivity contribution in [1.82, 2.24) is 10.1 Å². The standard InChI is InChI=1S/C36H41FN4O5S/c1-6-9-14-33-38-36(7-2,28-16-18-29(37)19-17-28)35(42)41(33)22-26-15-20-30(27(21-26)23-45-8-3)31-12-10-11-13-32(31)47(43,44)40-34-24(4)25(5)46-39-34/h10-13,15-21H,6-9,14,22-23H2,1-5H3,(H,39,40)/t36-/m1/s1. The van der Waals surface area contributed by atoms with Gasteiger partial charge in [0.15, 0.2) is 11.4 Å². The van der Waals surface area contributed by atoms with Crippen LogP contribution in [-0.2, 0) is 38.2 Å². The number of nitrogens with zero attached hydrogens (tertiary/aromatic N) is 3. The van der Waals surface area contributed by atoms with Gasteiger partial charge < -0.3 is 9.26 Å². The number of benzene rings is 3. The molecule has 3 aromatic carbocycles. The van der Waals surface area contributed by atoms with Crippen molar-refractivity contribution in [3.05, 3.63) is 101 Å². The van der Waals surface area contributed by atoms with Crippen molar-refractivity contribution in [2.75, 3.05) is 11.3 Å². The van der Waals surface area contributed by atoms with Crippen molar-refractivity contribution in [3.63, 3.8) is 0 Å². The molecule has 11 heteroatoms. The van der Waals surface area contributed by atoms with Gasteiger partial charge in [0, 0.05) is 24.2 Å². The molecule has 0 saturated carbocycles. The number of hydrogen-bond donors (Lipinski definition) is 1. The van der Waals surface area contributed by atoms with Gasteiger partial charge in [0.25, 0.3) is 15.9 Å². The van der Waals surface area contributed by atoms with E-state index >= 15 is 0 Å². The highest BCUT2D eigenvalue weighted by Crippen LogP contribution is 2.39. The van der Waals surface area contributed by atoms with Crippen LogP contribution in [0, 0.1) is 19.7 Å². The molecule has 1 N–H and O–H groups in total. The van der Waals surface area contributed by atoms with Crippen molar-refractivity contribution in [2.45, 2.75) is 83.9 Å². The summed E-state index contributed by atoms with van der Waals surface area (Å²) in [5.74, 6) is 0.863. The lowest BCUT2D eigenvalue weighted by atomic mass is 9.87. The van der Waals surface area contributed by atoms with E-state index in [1.54, 1.807) is 55.1 Å². The average Bonchev–Trinajstić information content (AvgIpc) is 3.53. The first-order valence-electron chi connectivity index (χ1n) is 16.0. The van der Waals surface area contributed by atoms with E-state index in [4.69, 9.17) is 14.3 Å². The largest absolute Gasteiger partial charge is 0.377 e. The first kappa shape index (κ1) is 34.0. The molecule has 0 radical (unpaired) electrons. The van der Waals surface area contributed by atoms with Crippen LogP contribution in [0.15, 0.2) is 81.1 Å². The molecule has 1 aromatic heterocycles. The molecule has 0 spiro atoms. The minimum atomic E-state index is -4.04. The van der Waals surface area contributed by atoms with E-state index in [1.807, 2.05) is 32.0 Å². The minimum Gasteiger partial charge on any atom is -0.377 e. The second kappa shape index (κ2) is 14.2. The van der Waals surface area contributed by atoms with E-state index in [0.29, 0.717) is 53.3 Å². The Morgan fingerprint density at radius 1 is 1.00 bits per heavy atom. The van der Waals surface area contributed by atoms with Gasteiger partial charge in [-0.05, 0) is 74.1 Å². The number of hydrogen-bond acceptors (Lipinski definition) is 7. The normalized spacial score (nSPS) is 16.5. The Balaban J connectivity index is 1.52. The highest BCUT2D eigenvalue weighted by Gasteiger charge is 2.48. The van der Waals surface area contributed by atoms with Gasteiger partial charge in [-0.2, -0.15) is 0 Å². The summed E-state index contributed by atoms with van der Waals surface area (Å²) in [6, 6.07) is 18.5. The molecule has 1 amide bonds. The first-order valence-corrected chi connectivity index (χ1v) is 17.4. The fourth-order valence-corrected chi connectivity index (χ4v) is 7.13. The lowest BCUT2D eigenvalue weighted by Gasteiger charge is -2.26. The van der Waals surface area contributed by atoms with E-state index < -0.39 is 15.6 Å². The maximum Gasteiger partial charge on any atom is 0.263 e. The van der Waals surface area contributed by atoms with Gasteiger partial charge in [-0.15, -0.1) is 0 Å². The summed E-state index contributed by atoms with van der Waals surface area (Å²) >= 11 is 0. The van der Waals surface area contributed by atoms with Crippen LogP contribution in [0.25, 0.3) is 11.1 Å². The van der Waals surface area contributed by atoms with Gasteiger partial charge in [0.2, 0.25) is 0 Å². The fraction of sp³-hybridized carbons (Fsp3) is 0.361. The molecule has 9 nitrogen and oxygen atoms in total. The molecule has 4 aromatic rings. The van der Waals surface area contributed by atoms with Crippen molar-refractivity contribution in [3.8, 4) is 11.1 Å². The van der Waals surface area contributed by atoms with Crippen LogP contribution in [-0.4, -0.2) is 36.8 Å². The number of aryl methyl sites for hydroxylation is 1. The van der Waals surface area contributed by atoms with E-state index in [1.165, 1.54) is 12.1 Å². The molecule has 0 fully saturated rings. The van der Waals surface area contributed by atoms with E-state index in [2.05, 4.69) is 16.8 Å². The Labute approximate surface area is 275 Å². The Morgan fingerprint density at radius 3 is 2.40 bits per heavy atom. The maximum absolute atomic E-state index is 14.2. The molecule has 2 heterocycles. The zero-order chi connectivity index (χ0) is 33.8. The minimum absolute atomic E-state index is 0.0845. The molecule has 0 unspecified atom stereocenters. The molecule has 248 valence electrons. The zero-order valence-electron chi connectivity index (χ0n) is 27.5. The van der Waals surface area contributed by atoms with Crippen molar-refractivity contribution < 1.29 is 26.9 Å². The van der Waals surface area contributed by atoms with Crippen LogP contribution in [0.3, 0.4) is 0 Å². The van der Waals surface area contributed by atoms with Gasteiger partial charge >= 0.3 is 0 Å². The van der Waals surface area contributed by atoms with Crippen molar-refractivity contribution in [2.24, 2.45) is 4.99 Å². The number of rotatable bonds is 14. The summed E-state index contributed by atoms with van der Waals surface area (Å²) in [6.07, 6.45) is 2.88. The molecule has 0 saturated heterocycles. The number of amidine groups is 1. The highest BCUT2D eigenvalue weighted by molar-refractivity contribution is 7.92. The van der Waals surface area contributed by atoms with Crippen molar-refractivity contribution in [1.29, 1.82) is 0 Å². The Kier molecular flexibility index (Phi) is 10.3. The van der Waals surface area contributed by atoms with E-state index in [0.717, 1.165) is 24.0 Å². The molecule has 5 rings (SSSR count). The number of carbonyl (C=O) groups is 1. The molecular formula is C36H41FN4O5S. The predicted molar refractivity (Wildman–Crippen MR) is 180 cm³/mol. The van der Waals surface area contributed by atoms with Crippen molar-refractivity contribution >= 4 is 27.6 Å². The summed E-state index contributed by atoms with van der Waals surface area (Å²) in [6.45, 7) is 10.3. The van der Waals surface area contributed by atoms with E-state index in [-0.39, 0.29) is 35.6 Å². The fourth-order valence-electron chi connectivity index (χ4n) is 5.85. The number of carbonyl (C=O) groups excluding carboxylic acids is 1.